The van der Waals surface area contributed by atoms with E-state index in [1.54, 1.807) is 10.8 Å². The van der Waals surface area contributed by atoms with E-state index >= 15 is 0 Å². The van der Waals surface area contributed by atoms with Crippen molar-refractivity contribution in [3.63, 3.8) is 0 Å². The smallest absolute Gasteiger partial charge is 0.257 e. The van der Waals surface area contributed by atoms with E-state index in [-0.39, 0.29) is 23.8 Å². The van der Waals surface area contributed by atoms with Gasteiger partial charge in [-0.2, -0.15) is 0 Å². The van der Waals surface area contributed by atoms with Gasteiger partial charge in [0, 0.05) is 56.9 Å². The summed E-state index contributed by atoms with van der Waals surface area (Å²) in [5.41, 5.74) is 2.20. The van der Waals surface area contributed by atoms with Crippen molar-refractivity contribution in [1.29, 1.82) is 0 Å². The van der Waals surface area contributed by atoms with Crippen molar-refractivity contribution in [2.24, 2.45) is 0 Å². The van der Waals surface area contributed by atoms with Gasteiger partial charge in [-0.25, -0.2) is 0 Å². The number of benzene rings is 1. The van der Waals surface area contributed by atoms with Crippen molar-refractivity contribution < 1.29 is 14.3 Å². The third-order valence-corrected chi connectivity index (χ3v) is 6.01. The predicted molar refractivity (Wildman–Crippen MR) is 132 cm³/mol. The standard InChI is InChI=1S/C27H30N4O4/c1-19-7-9-20(10-8-19)15-29-26(33)23-17-31(13-11-21-5-2-3-12-28-21)18-24(25(23)32)27(34)30-16-22-6-4-14-35-22/h2-3,5,7-10,12,17-18,22H,4,6,11,13-16H2,1H3,(H,29,33)(H,30,34)/t22-/m1/s1. The molecule has 1 aromatic carbocycles. The molecule has 1 fully saturated rings. The van der Waals surface area contributed by atoms with Crippen LogP contribution < -0.4 is 16.1 Å². The third-order valence-electron chi connectivity index (χ3n) is 6.01. The van der Waals surface area contributed by atoms with Gasteiger partial charge in [-0.15, -0.1) is 0 Å². The molecule has 2 amide bonds. The fourth-order valence-corrected chi connectivity index (χ4v) is 3.96. The Morgan fingerprint density at radius 2 is 1.80 bits per heavy atom. The van der Waals surface area contributed by atoms with Crippen molar-refractivity contribution in [3.05, 3.63) is 99.2 Å². The molecule has 0 saturated carbocycles. The summed E-state index contributed by atoms with van der Waals surface area (Å²) in [4.78, 5) is 43.4. The molecule has 1 saturated heterocycles. The largest absolute Gasteiger partial charge is 0.376 e. The Morgan fingerprint density at radius 3 is 2.46 bits per heavy atom. The van der Waals surface area contributed by atoms with Gasteiger partial charge in [0.1, 0.15) is 11.1 Å². The molecule has 0 radical (unpaired) electrons. The summed E-state index contributed by atoms with van der Waals surface area (Å²) in [5.74, 6) is -1.03. The summed E-state index contributed by atoms with van der Waals surface area (Å²) in [5, 5.41) is 5.59. The number of aromatic nitrogens is 2. The Morgan fingerprint density at radius 1 is 1.06 bits per heavy atom. The van der Waals surface area contributed by atoms with Crippen LogP contribution in [-0.2, 0) is 24.2 Å². The third kappa shape index (κ3) is 6.64. The lowest BCUT2D eigenvalue weighted by Gasteiger charge is -2.14. The zero-order valence-corrected chi connectivity index (χ0v) is 19.8. The SMILES string of the molecule is Cc1ccc(CNC(=O)c2cn(CCc3ccccn3)cc(C(=O)NC[C@H]3CCCO3)c2=O)cc1. The lowest BCUT2D eigenvalue weighted by Crippen LogP contribution is -2.37. The molecule has 3 aromatic rings. The van der Waals surface area contributed by atoms with Crippen LogP contribution in [0.15, 0.2) is 65.8 Å². The van der Waals surface area contributed by atoms with Gasteiger partial charge in [-0.05, 0) is 37.5 Å². The monoisotopic (exact) mass is 474 g/mol. The maximum Gasteiger partial charge on any atom is 0.257 e. The number of carbonyl (C=O) groups excluding carboxylic acids is 2. The minimum atomic E-state index is -0.592. The highest BCUT2D eigenvalue weighted by molar-refractivity contribution is 5.99. The fourth-order valence-electron chi connectivity index (χ4n) is 3.96. The van der Waals surface area contributed by atoms with Gasteiger partial charge in [-0.3, -0.25) is 19.4 Å². The van der Waals surface area contributed by atoms with Crippen LogP contribution in [0.25, 0.3) is 0 Å². The number of hydrogen-bond acceptors (Lipinski definition) is 5. The van der Waals surface area contributed by atoms with Crippen molar-refractivity contribution >= 4 is 11.8 Å². The Hall–Kier alpha value is -3.78. The maximum atomic E-state index is 13.2. The fraction of sp³-hybridized carbons (Fsp3) is 0.333. The second kappa shape index (κ2) is 11.6. The molecule has 0 bridgehead atoms. The van der Waals surface area contributed by atoms with E-state index < -0.39 is 17.2 Å². The number of nitrogens with zero attached hydrogens (tertiary/aromatic N) is 2. The molecular weight excluding hydrogens is 444 g/mol. The van der Waals surface area contributed by atoms with E-state index in [0.717, 1.165) is 29.7 Å². The number of rotatable bonds is 9. The van der Waals surface area contributed by atoms with Crippen molar-refractivity contribution in [2.45, 2.75) is 45.4 Å². The summed E-state index contributed by atoms with van der Waals surface area (Å²) in [6.07, 6.45) is 7.10. The van der Waals surface area contributed by atoms with Crippen LogP contribution in [0, 0.1) is 6.92 Å². The first-order valence-corrected chi connectivity index (χ1v) is 11.9. The van der Waals surface area contributed by atoms with Crippen molar-refractivity contribution in [2.75, 3.05) is 13.2 Å². The minimum Gasteiger partial charge on any atom is -0.376 e. The highest BCUT2D eigenvalue weighted by atomic mass is 16.5. The van der Waals surface area contributed by atoms with Crippen LogP contribution >= 0.6 is 0 Å². The van der Waals surface area contributed by atoms with E-state index in [0.29, 0.717) is 26.1 Å². The minimum absolute atomic E-state index is 0.0497. The van der Waals surface area contributed by atoms with E-state index in [1.807, 2.05) is 49.4 Å². The van der Waals surface area contributed by atoms with E-state index in [9.17, 15) is 14.4 Å². The average Bonchev–Trinajstić information content (AvgIpc) is 3.40. The lowest BCUT2D eigenvalue weighted by molar-refractivity contribution is 0.0856. The number of aryl methyl sites for hydroxylation is 3. The molecule has 2 aromatic heterocycles. The van der Waals surface area contributed by atoms with Gasteiger partial charge < -0.3 is 19.9 Å². The Kier molecular flexibility index (Phi) is 8.05. The molecule has 0 aliphatic carbocycles. The van der Waals surface area contributed by atoms with E-state index in [1.165, 1.54) is 12.4 Å². The number of amides is 2. The Labute approximate surface area is 204 Å². The maximum absolute atomic E-state index is 13.2. The van der Waals surface area contributed by atoms with Crippen LogP contribution in [0.4, 0.5) is 0 Å². The summed E-state index contributed by atoms with van der Waals surface area (Å²) < 4.78 is 7.26. The zero-order valence-electron chi connectivity index (χ0n) is 19.8. The summed E-state index contributed by atoms with van der Waals surface area (Å²) in [6, 6.07) is 13.4. The van der Waals surface area contributed by atoms with Crippen LogP contribution in [0.1, 0.15) is 50.4 Å². The van der Waals surface area contributed by atoms with Gasteiger partial charge in [0.15, 0.2) is 0 Å². The van der Waals surface area contributed by atoms with Crippen LogP contribution in [-0.4, -0.2) is 40.6 Å². The van der Waals surface area contributed by atoms with Gasteiger partial charge in [0.25, 0.3) is 11.8 Å². The highest BCUT2D eigenvalue weighted by Gasteiger charge is 2.21. The van der Waals surface area contributed by atoms with Gasteiger partial charge >= 0.3 is 0 Å². The molecule has 1 aliphatic rings. The molecular formula is C27H30N4O4. The second-order valence-corrected chi connectivity index (χ2v) is 8.74. The quantitative estimate of drug-likeness (QED) is 0.496. The zero-order chi connectivity index (χ0) is 24.6. The first kappa shape index (κ1) is 24.3. The number of hydrogen-bond donors (Lipinski definition) is 2. The van der Waals surface area contributed by atoms with Crippen LogP contribution in [0.3, 0.4) is 0 Å². The first-order valence-electron chi connectivity index (χ1n) is 11.9. The highest BCUT2D eigenvalue weighted by Crippen LogP contribution is 2.11. The molecule has 182 valence electrons. The number of nitrogens with one attached hydrogen (secondary N) is 2. The number of carbonyl (C=O) groups is 2. The number of ether oxygens (including phenoxy) is 1. The molecule has 3 heterocycles. The molecule has 4 rings (SSSR count). The number of pyridine rings is 2. The van der Waals surface area contributed by atoms with Gasteiger partial charge in [0.05, 0.1) is 6.10 Å². The molecule has 2 N–H and O–H groups in total. The Bertz CT molecular complexity index is 1220. The molecule has 0 unspecified atom stereocenters. The molecule has 1 aliphatic heterocycles. The van der Waals surface area contributed by atoms with Crippen LogP contribution in [0.2, 0.25) is 0 Å². The summed E-state index contributed by atoms with van der Waals surface area (Å²) in [6.45, 7) is 3.74. The van der Waals surface area contributed by atoms with Gasteiger partial charge in [0.2, 0.25) is 5.43 Å². The molecule has 0 spiro atoms. The molecule has 35 heavy (non-hydrogen) atoms. The summed E-state index contributed by atoms with van der Waals surface area (Å²) in [7, 11) is 0. The lowest BCUT2D eigenvalue weighted by atomic mass is 10.1. The van der Waals surface area contributed by atoms with Crippen LogP contribution in [0.5, 0.6) is 0 Å². The first-order chi connectivity index (χ1) is 17.0. The van der Waals surface area contributed by atoms with Gasteiger partial charge in [-0.1, -0.05) is 35.9 Å². The molecule has 8 heteroatoms. The average molecular weight is 475 g/mol. The summed E-state index contributed by atoms with van der Waals surface area (Å²) >= 11 is 0. The Balaban J connectivity index is 1.54. The van der Waals surface area contributed by atoms with Crippen molar-refractivity contribution in [1.82, 2.24) is 20.2 Å². The second-order valence-electron chi connectivity index (χ2n) is 8.74. The topological polar surface area (TPSA) is 102 Å². The predicted octanol–water partition coefficient (Wildman–Crippen LogP) is 2.63. The van der Waals surface area contributed by atoms with E-state index in [2.05, 4.69) is 15.6 Å². The molecule has 1 atom stereocenters. The van der Waals surface area contributed by atoms with E-state index in [4.69, 9.17) is 4.74 Å². The van der Waals surface area contributed by atoms with Crippen molar-refractivity contribution in [3.8, 4) is 0 Å². The normalized spacial score (nSPS) is 15.1. The molecule has 8 nitrogen and oxygen atoms in total.